The van der Waals surface area contributed by atoms with Gasteiger partial charge in [0.1, 0.15) is 11.5 Å². The number of sulfonamides is 1. The minimum atomic E-state index is -3.72. The molecule has 1 fully saturated rings. The zero-order valence-electron chi connectivity index (χ0n) is 19.9. The van der Waals surface area contributed by atoms with Crippen LogP contribution in [-0.2, 0) is 19.6 Å². The summed E-state index contributed by atoms with van der Waals surface area (Å²) in [5, 5.41) is 2.77. The van der Waals surface area contributed by atoms with Gasteiger partial charge in [-0.1, -0.05) is 26.0 Å². The molecule has 3 rings (SSSR count). The minimum absolute atomic E-state index is 0.0338. The number of amides is 2. The van der Waals surface area contributed by atoms with E-state index in [0.29, 0.717) is 36.9 Å². The highest BCUT2D eigenvalue weighted by Crippen LogP contribution is 2.34. The number of anilines is 2. The van der Waals surface area contributed by atoms with Gasteiger partial charge in [0.15, 0.2) is 0 Å². The van der Waals surface area contributed by atoms with Crippen LogP contribution >= 0.6 is 0 Å². The summed E-state index contributed by atoms with van der Waals surface area (Å²) in [6, 6.07) is 11.6. The van der Waals surface area contributed by atoms with E-state index in [0.717, 1.165) is 0 Å². The van der Waals surface area contributed by atoms with Gasteiger partial charge in [0.25, 0.3) is 0 Å². The zero-order chi connectivity index (χ0) is 24.9. The van der Waals surface area contributed by atoms with Gasteiger partial charge in [-0.25, -0.2) is 8.42 Å². The van der Waals surface area contributed by atoms with Crippen molar-refractivity contribution in [2.24, 2.45) is 5.92 Å². The van der Waals surface area contributed by atoms with Gasteiger partial charge in [-0.05, 0) is 37.3 Å². The molecule has 0 spiro atoms. The number of hydrogen-bond donors (Lipinski definition) is 1. The molecule has 0 aromatic heterocycles. The zero-order valence-corrected chi connectivity index (χ0v) is 20.7. The first-order chi connectivity index (χ1) is 16.3. The summed E-state index contributed by atoms with van der Waals surface area (Å²) in [5.74, 6) is -0.280. The van der Waals surface area contributed by atoms with Gasteiger partial charge in [0, 0.05) is 26.1 Å². The van der Waals surface area contributed by atoms with E-state index in [1.165, 1.54) is 29.6 Å². The van der Waals surface area contributed by atoms with Crippen LogP contribution in [0.4, 0.5) is 11.4 Å². The summed E-state index contributed by atoms with van der Waals surface area (Å²) in [6.45, 7) is 6.69. The Balaban J connectivity index is 1.83. The Labute approximate surface area is 200 Å². The van der Waals surface area contributed by atoms with E-state index < -0.39 is 15.9 Å². The van der Waals surface area contributed by atoms with Crippen LogP contribution in [0.1, 0.15) is 27.2 Å². The summed E-state index contributed by atoms with van der Waals surface area (Å²) in [7, 11) is -2.28. The van der Waals surface area contributed by atoms with Crippen molar-refractivity contribution in [1.29, 1.82) is 0 Å². The number of carbonyl (C=O) groups is 2. The first-order valence-electron chi connectivity index (χ1n) is 11.3. The van der Waals surface area contributed by atoms with Gasteiger partial charge >= 0.3 is 0 Å². The molecule has 1 unspecified atom stereocenters. The lowest BCUT2D eigenvalue weighted by atomic mass is 10.1. The molecule has 34 heavy (non-hydrogen) atoms. The second-order valence-corrected chi connectivity index (χ2v) is 9.68. The minimum Gasteiger partial charge on any atom is -0.495 e. The molecule has 184 valence electrons. The van der Waals surface area contributed by atoms with Crippen LogP contribution in [0.25, 0.3) is 0 Å². The molecule has 0 bridgehead atoms. The third kappa shape index (κ3) is 5.18. The van der Waals surface area contributed by atoms with Crippen LogP contribution in [0, 0.1) is 5.92 Å². The predicted octanol–water partition coefficient (Wildman–Crippen LogP) is 3.12. The number of methoxy groups -OCH3 is 1. The summed E-state index contributed by atoms with van der Waals surface area (Å²) in [6.07, 6.45) is 0.0338. The molecule has 10 heteroatoms. The predicted molar refractivity (Wildman–Crippen MR) is 130 cm³/mol. The summed E-state index contributed by atoms with van der Waals surface area (Å²) in [5.41, 5.74) is 0.857. The fourth-order valence-electron chi connectivity index (χ4n) is 3.97. The molecule has 2 aromatic carbocycles. The fraction of sp³-hybridized carbons (Fsp3) is 0.417. The molecule has 0 aliphatic carbocycles. The first kappa shape index (κ1) is 25.5. The molecule has 2 amide bonds. The molecule has 1 aliphatic rings. The molecule has 1 N–H and O–H groups in total. The van der Waals surface area contributed by atoms with Crippen molar-refractivity contribution in [2.45, 2.75) is 32.1 Å². The Morgan fingerprint density at radius 1 is 1.12 bits per heavy atom. The summed E-state index contributed by atoms with van der Waals surface area (Å²) >= 11 is 0. The lowest BCUT2D eigenvalue weighted by Crippen LogP contribution is -2.31. The van der Waals surface area contributed by atoms with Crippen LogP contribution < -0.4 is 19.7 Å². The van der Waals surface area contributed by atoms with Crippen molar-refractivity contribution in [2.75, 3.05) is 43.6 Å². The van der Waals surface area contributed by atoms with Crippen LogP contribution in [0.2, 0.25) is 0 Å². The Bertz CT molecular complexity index is 1150. The van der Waals surface area contributed by atoms with E-state index in [9.17, 15) is 18.0 Å². The van der Waals surface area contributed by atoms with E-state index in [1.54, 1.807) is 30.9 Å². The Morgan fingerprint density at radius 3 is 2.47 bits per heavy atom. The van der Waals surface area contributed by atoms with Crippen molar-refractivity contribution in [3.05, 3.63) is 42.5 Å². The van der Waals surface area contributed by atoms with E-state index in [4.69, 9.17) is 9.47 Å². The maximum atomic E-state index is 13.1. The van der Waals surface area contributed by atoms with Crippen molar-refractivity contribution in [3.8, 4) is 11.5 Å². The molecule has 0 saturated carbocycles. The number of nitrogens with one attached hydrogen (secondary N) is 1. The Hall–Kier alpha value is -3.11. The van der Waals surface area contributed by atoms with Crippen LogP contribution in [0.3, 0.4) is 0 Å². The van der Waals surface area contributed by atoms with Crippen molar-refractivity contribution in [1.82, 2.24) is 4.31 Å². The number of rotatable bonds is 10. The van der Waals surface area contributed by atoms with E-state index in [1.807, 2.05) is 19.1 Å². The molecule has 1 saturated heterocycles. The number of carbonyl (C=O) groups excluding carboxylic acids is 2. The van der Waals surface area contributed by atoms with Gasteiger partial charge in [0.2, 0.25) is 21.8 Å². The quantitative estimate of drug-likeness (QED) is 0.550. The van der Waals surface area contributed by atoms with Crippen LogP contribution in [0.5, 0.6) is 11.5 Å². The number of para-hydroxylation sites is 2. The highest BCUT2D eigenvalue weighted by Gasteiger charge is 2.36. The molecular formula is C24H31N3O6S. The topological polar surface area (TPSA) is 105 Å². The van der Waals surface area contributed by atoms with Gasteiger partial charge in [0.05, 0.1) is 35.9 Å². The Kier molecular flexibility index (Phi) is 8.16. The number of hydrogen-bond acceptors (Lipinski definition) is 6. The third-order valence-corrected chi connectivity index (χ3v) is 7.77. The van der Waals surface area contributed by atoms with Crippen LogP contribution in [0.15, 0.2) is 47.4 Å². The highest BCUT2D eigenvalue weighted by molar-refractivity contribution is 7.89. The average Bonchev–Trinajstić information content (AvgIpc) is 3.21. The molecule has 9 nitrogen and oxygen atoms in total. The van der Waals surface area contributed by atoms with Gasteiger partial charge < -0.3 is 19.7 Å². The number of ether oxygens (including phenoxy) is 2. The van der Waals surface area contributed by atoms with Crippen molar-refractivity contribution >= 4 is 33.2 Å². The maximum absolute atomic E-state index is 13.1. The van der Waals surface area contributed by atoms with Gasteiger partial charge in [-0.15, -0.1) is 0 Å². The van der Waals surface area contributed by atoms with E-state index in [2.05, 4.69) is 5.32 Å². The lowest BCUT2D eigenvalue weighted by molar-refractivity contribution is -0.122. The second kappa shape index (κ2) is 10.9. The molecular weight excluding hydrogens is 458 g/mol. The molecule has 1 aliphatic heterocycles. The van der Waals surface area contributed by atoms with E-state index in [-0.39, 0.29) is 35.4 Å². The SMILES string of the molecule is CCOc1ccccc1N1CC(C(=O)Nc2cc(S(=O)(=O)N(CC)CC)ccc2OC)CC1=O. The van der Waals surface area contributed by atoms with Crippen molar-refractivity contribution < 1.29 is 27.5 Å². The molecule has 1 heterocycles. The highest BCUT2D eigenvalue weighted by atomic mass is 32.2. The average molecular weight is 490 g/mol. The Morgan fingerprint density at radius 2 is 1.82 bits per heavy atom. The monoisotopic (exact) mass is 489 g/mol. The third-order valence-electron chi connectivity index (χ3n) is 5.72. The number of benzene rings is 2. The largest absolute Gasteiger partial charge is 0.495 e. The summed E-state index contributed by atoms with van der Waals surface area (Å²) in [4.78, 5) is 27.4. The molecule has 0 radical (unpaired) electrons. The smallest absolute Gasteiger partial charge is 0.243 e. The van der Waals surface area contributed by atoms with Crippen molar-refractivity contribution in [3.63, 3.8) is 0 Å². The van der Waals surface area contributed by atoms with Gasteiger partial charge in [-0.3, -0.25) is 9.59 Å². The number of nitrogens with zero attached hydrogens (tertiary/aromatic N) is 2. The van der Waals surface area contributed by atoms with Crippen LogP contribution in [-0.4, -0.2) is 57.9 Å². The molecule has 1 atom stereocenters. The fourth-order valence-corrected chi connectivity index (χ4v) is 5.45. The molecule has 2 aromatic rings. The van der Waals surface area contributed by atoms with Gasteiger partial charge in [-0.2, -0.15) is 4.31 Å². The standard InChI is InChI=1S/C24H31N3O6S/c1-5-26(6-2)34(30,31)18-12-13-21(32-4)19(15-18)25-24(29)17-14-23(28)27(16-17)20-10-8-9-11-22(20)33-7-3/h8-13,15,17H,5-7,14,16H2,1-4H3,(H,25,29). The summed E-state index contributed by atoms with van der Waals surface area (Å²) < 4.78 is 38.1. The second-order valence-electron chi connectivity index (χ2n) is 7.75. The normalized spacial score (nSPS) is 16.1. The maximum Gasteiger partial charge on any atom is 0.243 e. The van der Waals surface area contributed by atoms with E-state index >= 15 is 0 Å². The lowest BCUT2D eigenvalue weighted by Gasteiger charge is -2.21. The first-order valence-corrected chi connectivity index (χ1v) is 12.7.